The van der Waals surface area contributed by atoms with E-state index >= 15 is 0 Å². The molecule has 0 radical (unpaired) electrons. The molecule has 2 fully saturated rings. The Kier molecular flexibility index (Phi) is 8.30. The molecular weight excluding hydrogens is 476 g/mol. The lowest BCUT2D eigenvalue weighted by molar-refractivity contribution is -0.132. The lowest BCUT2D eigenvalue weighted by atomic mass is 9.82. The van der Waals surface area contributed by atoms with Gasteiger partial charge < -0.3 is 15.4 Å². The van der Waals surface area contributed by atoms with E-state index in [0.717, 1.165) is 38.5 Å². The molecule has 7 nitrogen and oxygen atoms in total. The van der Waals surface area contributed by atoms with Gasteiger partial charge in [0.25, 0.3) is 5.56 Å². The van der Waals surface area contributed by atoms with Crippen LogP contribution in [-0.2, 0) is 4.79 Å². The minimum Gasteiger partial charge on any atom is -0.457 e. The van der Waals surface area contributed by atoms with Crippen LogP contribution in [-0.4, -0.2) is 33.4 Å². The van der Waals surface area contributed by atoms with E-state index in [0.29, 0.717) is 47.2 Å². The van der Waals surface area contributed by atoms with Crippen molar-refractivity contribution in [2.24, 2.45) is 5.92 Å². The van der Waals surface area contributed by atoms with Crippen molar-refractivity contribution >= 4 is 22.8 Å². The first-order valence-electron chi connectivity index (χ1n) is 14.3. The number of benzene rings is 2. The minimum atomic E-state index is -0.158. The first-order chi connectivity index (χ1) is 18.5. The molecule has 1 amide bonds. The van der Waals surface area contributed by atoms with Gasteiger partial charge in [0.15, 0.2) is 0 Å². The second-order valence-electron chi connectivity index (χ2n) is 11.0. The summed E-state index contributed by atoms with van der Waals surface area (Å²) in [6.45, 7) is 0. The molecule has 2 aliphatic rings. The number of ether oxygens (including phenoxy) is 1. The molecule has 3 aromatic rings. The van der Waals surface area contributed by atoms with Crippen molar-refractivity contribution in [3.63, 3.8) is 0 Å². The Balaban J connectivity index is 1.43. The molecule has 7 heteroatoms. The minimum absolute atomic E-state index is 0.151. The van der Waals surface area contributed by atoms with Crippen LogP contribution in [0.5, 0.6) is 11.5 Å². The third-order valence-electron chi connectivity index (χ3n) is 8.57. The number of nitrogens with two attached hydrogens (primary N) is 1. The number of hydrogen-bond donors (Lipinski definition) is 1. The molecule has 5 rings (SSSR count). The molecule has 1 atom stereocenters. The molecule has 0 bridgehead atoms. The number of carbonyl (C=O) groups is 1. The Morgan fingerprint density at radius 2 is 1.68 bits per heavy atom. The van der Waals surface area contributed by atoms with Crippen LogP contribution in [0.4, 0.5) is 5.95 Å². The Bertz CT molecular complexity index is 1290. The zero-order valence-electron chi connectivity index (χ0n) is 22.5. The highest BCUT2D eigenvalue weighted by molar-refractivity contribution is 5.80. The lowest BCUT2D eigenvalue weighted by Gasteiger charge is -2.34. The van der Waals surface area contributed by atoms with Crippen molar-refractivity contribution in [2.45, 2.75) is 89.1 Å². The monoisotopic (exact) mass is 516 g/mol. The van der Waals surface area contributed by atoms with Crippen LogP contribution in [0.25, 0.3) is 10.9 Å². The van der Waals surface area contributed by atoms with Gasteiger partial charge in [0, 0.05) is 25.6 Å². The Hall–Kier alpha value is -3.35. The molecular formula is C31H40N4O3. The maximum atomic E-state index is 14.0. The van der Waals surface area contributed by atoms with E-state index in [-0.39, 0.29) is 23.5 Å². The van der Waals surface area contributed by atoms with Gasteiger partial charge in [0.2, 0.25) is 11.9 Å². The number of hydrogen-bond acceptors (Lipinski definition) is 5. The quantitative estimate of drug-likeness (QED) is 0.371. The highest BCUT2D eigenvalue weighted by Crippen LogP contribution is 2.37. The average molecular weight is 517 g/mol. The summed E-state index contributed by atoms with van der Waals surface area (Å²) in [5, 5.41) is 0.485. The molecule has 1 aromatic heterocycles. The molecule has 2 saturated carbocycles. The molecule has 0 spiro atoms. The van der Waals surface area contributed by atoms with Gasteiger partial charge in [-0.3, -0.25) is 14.2 Å². The Morgan fingerprint density at radius 1 is 1.00 bits per heavy atom. The summed E-state index contributed by atoms with van der Waals surface area (Å²) in [5.41, 5.74) is 6.86. The van der Waals surface area contributed by atoms with Crippen molar-refractivity contribution in [1.82, 2.24) is 14.5 Å². The molecule has 0 saturated heterocycles. The van der Waals surface area contributed by atoms with Gasteiger partial charge >= 0.3 is 0 Å². The van der Waals surface area contributed by atoms with E-state index in [1.54, 1.807) is 16.7 Å². The SMILES string of the molecule is CN(C(=O)CCC(C1CCCCC1)n1c(N)nc2ccc(Oc3ccccc3)cc2c1=O)C1CCCCC1. The molecule has 2 aliphatic carbocycles. The topological polar surface area (TPSA) is 90.5 Å². The summed E-state index contributed by atoms with van der Waals surface area (Å²) in [7, 11) is 1.94. The predicted molar refractivity (Wildman–Crippen MR) is 151 cm³/mol. The summed E-state index contributed by atoms with van der Waals surface area (Å²) in [4.78, 5) is 33.8. The Labute approximate surface area is 225 Å². The van der Waals surface area contributed by atoms with Crippen molar-refractivity contribution < 1.29 is 9.53 Å². The standard InChI is InChI=1S/C31H40N4O3/c1-34(23-13-7-3-8-14-23)29(36)20-19-28(22-11-5-2-6-12-22)35-30(37)26-21-25(17-18-27(26)33-31(35)32)38-24-15-9-4-10-16-24/h4,9-10,15-18,21-23,28H,2-3,5-8,11-14,19-20H2,1H3,(H2,32,33). The number of rotatable bonds is 8. The predicted octanol–water partition coefficient (Wildman–Crippen LogP) is 6.46. The summed E-state index contributed by atoms with van der Waals surface area (Å²) in [6, 6.07) is 15.0. The first-order valence-corrected chi connectivity index (χ1v) is 14.3. The largest absolute Gasteiger partial charge is 0.457 e. The van der Waals surface area contributed by atoms with Crippen molar-refractivity contribution in [3.05, 3.63) is 58.9 Å². The van der Waals surface area contributed by atoms with Crippen LogP contribution < -0.4 is 16.0 Å². The van der Waals surface area contributed by atoms with E-state index in [9.17, 15) is 9.59 Å². The van der Waals surface area contributed by atoms with Crippen LogP contribution in [0.15, 0.2) is 53.3 Å². The molecule has 202 valence electrons. The summed E-state index contributed by atoms with van der Waals surface area (Å²) in [5.74, 6) is 1.98. The maximum Gasteiger partial charge on any atom is 0.263 e. The molecule has 1 unspecified atom stereocenters. The number of anilines is 1. The van der Waals surface area contributed by atoms with Crippen LogP contribution in [0.2, 0.25) is 0 Å². The van der Waals surface area contributed by atoms with Gasteiger partial charge in [-0.15, -0.1) is 0 Å². The van der Waals surface area contributed by atoms with E-state index in [1.807, 2.05) is 48.3 Å². The van der Waals surface area contributed by atoms with Crippen LogP contribution in [0.1, 0.15) is 83.1 Å². The van der Waals surface area contributed by atoms with Crippen LogP contribution in [0, 0.1) is 5.92 Å². The second kappa shape index (κ2) is 12.0. The van der Waals surface area contributed by atoms with Crippen LogP contribution in [0.3, 0.4) is 0 Å². The lowest BCUT2D eigenvalue weighted by Crippen LogP contribution is -2.39. The fourth-order valence-electron chi connectivity index (χ4n) is 6.42. The molecule has 0 aliphatic heterocycles. The van der Waals surface area contributed by atoms with Gasteiger partial charge in [-0.2, -0.15) is 0 Å². The molecule has 2 aromatic carbocycles. The molecule has 1 heterocycles. The van der Waals surface area contributed by atoms with E-state index in [2.05, 4.69) is 4.98 Å². The van der Waals surface area contributed by atoms with Gasteiger partial charge in [0.05, 0.1) is 10.9 Å². The number of para-hydroxylation sites is 1. The zero-order chi connectivity index (χ0) is 26.5. The third kappa shape index (κ3) is 5.87. The number of nitrogens with zero attached hydrogens (tertiary/aromatic N) is 3. The smallest absolute Gasteiger partial charge is 0.263 e. The number of aromatic nitrogens is 2. The maximum absolute atomic E-state index is 14.0. The number of nitrogen functional groups attached to an aromatic ring is 1. The van der Waals surface area contributed by atoms with Crippen molar-refractivity contribution in [2.75, 3.05) is 12.8 Å². The van der Waals surface area contributed by atoms with Gasteiger partial charge in [-0.25, -0.2) is 4.98 Å². The van der Waals surface area contributed by atoms with Gasteiger partial charge in [-0.1, -0.05) is 56.7 Å². The van der Waals surface area contributed by atoms with E-state index in [4.69, 9.17) is 10.5 Å². The highest BCUT2D eigenvalue weighted by Gasteiger charge is 2.30. The number of amides is 1. The van der Waals surface area contributed by atoms with E-state index < -0.39 is 0 Å². The normalized spacial score (nSPS) is 17.8. The summed E-state index contributed by atoms with van der Waals surface area (Å²) < 4.78 is 7.67. The zero-order valence-corrected chi connectivity index (χ0v) is 22.5. The highest BCUT2D eigenvalue weighted by atomic mass is 16.5. The first kappa shape index (κ1) is 26.3. The Morgan fingerprint density at radius 3 is 2.39 bits per heavy atom. The fourth-order valence-corrected chi connectivity index (χ4v) is 6.42. The van der Waals surface area contributed by atoms with E-state index in [1.165, 1.54) is 25.7 Å². The molecule has 38 heavy (non-hydrogen) atoms. The average Bonchev–Trinajstić information content (AvgIpc) is 2.96. The van der Waals surface area contributed by atoms with Gasteiger partial charge in [0.1, 0.15) is 11.5 Å². The summed E-state index contributed by atoms with van der Waals surface area (Å²) >= 11 is 0. The van der Waals surface area contributed by atoms with Crippen LogP contribution >= 0.6 is 0 Å². The third-order valence-corrected chi connectivity index (χ3v) is 8.57. The summed E-state index contributed by atoms with van der Waals surface area (Å²) in [6.07, 6.45) is 12.4. The van der Waals surface area contributed by atoms with Crippen molar-refractivity contribution in [3.8, 4) is 11.5 Å². The molecule has 2 N–H and O–H groups in total. The number of carbonyl (C=O) groups excluding carboxylic acids is 1. The fraction of sp³-hybridized carbons (Fsp3) is 0.516. The second-order valence-corrected chi connectivity index (χ2v) is 11.0. The van der Waals surface area contributed by atoms with Crippen molar-refractivity contribution in [1.29, 1.82) is 0 Å². The van der Waals surface area contributed by atoms with Gasteiger partial charge in [-0.05, 0) is 68.4 Å². The number of fused-ring (bicyclic) bond motifs is 1.